The molecule has 2 heterocycles. The summed E-state index contributed by atoms with van der Waals surface area (Å²) in [5.41, 5.74) is 2.25. The van der Waals surface area contributed by atoms with Crippen LogP contribution in [-0.2, 0) is 16.0 Å². The van der Waals surface area contributed by atoms with Crippen molar-refractivity contribution in [2.45, 2.75) is 6.42 Å². The van der Waals surface area contributed by atoms with Crippen LogP contribution in [0.4, 0.5) is 16.5 Å². The van der Waals surface area contributed by atoms with E-state index in [9.17, 15) is 14.4 Å². The van der Waals surface area contributed by atoms with Crippen LogP contribution in [0.5, 0.6) is 5.75 Å². The normalized spacial score (nSPS) is 12.7. The number of nitrogens with one attached hydrogen (secondary N) is 2. The molecule has 4 rings (SSSR count). The Bertz CT molecular complexity index is 1110. The number of rotatable bonds is 5. The number of anilines is 3. The summed E-state index contributed by atoms with van der Waals surface area (Å²) < 4.78 is 5.43. The number of nitrogens with zero attached hydrogens (tertiary/aromatic N) is 2. The minimum absolute atomic E-state index is 0.0426. The SMILES string of the molecule is CN1C(=O)COc2cc(NC(=O)c3csc(NC(=O)Cc4ccccc4)n3)ccc21. The lowest BCUT2D eigenvalue weighted by atomic mass is 10.1. The molecule has 152 valence electrons. The first-order chi connectivity index (χ1) is 14.5. The topological polar surface area (TPSA) is 101 Å². The number of benzene rings is 2. The van der Waals surface area contributed by atoms with Gasteiger partial charge >= 0.3 is 0 Å². The molecule has 0 aliphatic carbocycles. The Morgan fingerprint density at radius 2 is 1.97 bits per heavy atom. The van der Waals surface area contributed by atoms with E-state index in [0.29, 0.717) is 22.3 Å². The molecule has 0 fully saturated rings. The van der Waals surface area contributed by atoms with E-state index in [0.717, 1.165) is 5.56 Å². The fourth-order valence-corrected chi connectivity index (χ4v) is 3.64. The molecule has 3 aromatic rings. The summed E-state index contributed by atoms with van der Waals surface area (Å²) in [5.74, 6) is -0.228. The fraction of sp³-hybridized carbons (Fsp3) is 0.143. The molecule has 2 N–H and O–H groups in total. The molecule has 9 heteroatoms. The molecule has 1 aliphatic heterocycles. The van der Waals surface area contributed by atoms with Gasteiger partial charge < -0.3 is 20.3 Å². The van der Waals surface area contributed by atoms with Crippen molar-refractivity contribution < 1.29 is 19.1 Å². The monoisotopic (exact) mass is 422 g/mol. The third-order valence-electron chi connectivity index (χ3n) is 4.49. The molecule has 0 atom stereocenters. The smallest absolute Gasteiger partial charge is 0.275 e. The number of hydrogen-bond donors (Lipinski definition) is 2. The van der Waals surface area contributed by atoms with Crippen LogP contribution in [0.25, 0.3) is 0 Å². The standard InChI is InChI=1S/C21H18N4O4S/c1-25-16-8-7-14(10-17(16)29-11-19(25)27)22-20(28)15-12-30-21(23-15)24-18(26)9-13-5-3-2-4-6-13/h2-8,10,12H,9,11H2,1H3,(H,22,28)(H,23,24,26). The van der Waals surface area contributed by atoms with Crippen LogP contribution in [0.1, 0.15) is 16.1 Å². The van der Waals surface area contributed by atoms with E-state index in [1.54, 1.807) is 30.6 Å². The minimum atomic E-state index is -0.407. The van der Waals surface area contributed by atoms with E-state index in [1.165, 1.54) is 16.2 Å². The van der Waals surface area contributed by atoms with E-state index >= 15 is 0 Å². The predicted molar refractivity (Wildman–Crippen MR) is 114 cm³/mol. The molecule has 0 bridgehead atoms. The summed E-state index contributed by atoms with van der Waals surface area (Å²) in [6.45, 7) is -0.0426. The lowest BCUT2D eigenvalue weighted by Crippen LogP contribution is -2.35. The van der Waals surface area contributed by atoms with Gasteiger partial charge in [-0.1, -0.05) is 30.3 Å². The molecule has 1 aliphatic rings. The summed E-state index contributed by atoms with van der Waals surface area (Å²) in [5, 5.41) is 7.40. The molecule has 0 spiro atoms. The van der Waals surface area contributed by atoms with Gasteiger partial charge in [0.15, 0.2) is 11.7 Å². The van der Waals surface area contributed by atoms with Crippen molar-refractivity contribution in [3.05, 3.63) is 65.2 Å². The van der Waals surface area contributed by atoms with Gasteiger partial charge in [0.25, 0.3) is 11.8 Å². The van der Waals surface area contributed by atoms with Gasteiger partial charge in [-0.3, -0.25) is 14.4 Å². The van der Waals surface area contributed by atoms with E-state index in [1.807, 2.05) is 30.3 Å². The number of aromatic nitrogens is 1. The third-order valence-corrected chi connectivity index (χ3v) is 5.25. The molecule has 0 unspecified atom stereocenters. The van der Waals surface area contributed by atoms with Gasteiger partial charge in [-0.05, 0) is 17.7 Å². The van der Waals surface area contributed by atoms with Gasteiger partial charge in [0.05, 0.1) is 12.1 Å². The Labute approximate surface area is 176 Å². The second kappa shape index (κ2) is 8.34. The van der Waals surface area contributed by atoms with Gasteiger partial charge in [0.2, 0.25) is 5.91 Å². The lowest BCUT2D eigenvalue weighted by Gasteiger charge is -2.26. The zero-order chi connectivity index (χ0) is 21.1. The van der Waals surface area contributed by atoms with Crippen LogP contribution in [-0.4, -0.2) is 36.4 Å². The Morgan fingerprint density at radius 1 is 1.17 bits per heavy atom. The lowest BCUT2D eigenvalue weighted by molar-refractivity contribution is -0.121. The van der Waals surface area contributed by atoms with Crippen LogP contribution in [0.2, 0.25) is 0 Å². The molecular weight excluding hydrogens is 404 g/mol. The first-order valence-corrected chi connectivity index (χ1v) is 10.0. The van der Waals surface area contributed by atoms with Crippen LogP contribution in [0, 0.1) is 0 Å². The highest BCUT2D eigenvalue weighted by molar-refractivity contribution is 7.14. The molecule has 0 saturated heterocycles. The van der Waals surface area contributed by atoms with E-state index in [4.69, 9.17) is 4.74 Å². The third kappa shape index (κ3) is 4.31. The Morgan fingerprint density at radius 3 is 2.77 bits per heavy atom. The van der Waals surface area contributed by atoms with E-state index in [2.05, 4.69) is 15.6 Å². The summed E-state index contributed by atoms with van der Waals surface area (Å²) in [4.78, 5) is 42.0. The van der Waals surface area contributed by atoms with Crippen LogP contribution < -0.4 is 20.3 Å². The molecule has 2 aromatic carbocycles. The molecule has 8 nitrogen and oxygen atoms in total. The summed E-state index contributed by atoms with van der Waals surface area (Å²) in [6.07, 6.45) is 0.230. The molecule has 0 saturated carbocycles. The minimum Gasteiger partial charge on any atom is -0.481 e. The molecule has 1 aromatic heterocycles. The van der Waals surface area contributed by atoms with Crippen molar-refractivity contribution in [2.75, 3.05) is 29.2 Å². The highest BCUT2D eigenvalue weighted by Crippen LogP contribution is 2.33. The van der Waals surface area contributed by atoms with Crippen molar-refractivity contribution >= 4 is 45.6 Å². The number of likely N-dealkylation sites (N-methyl/N-ethyl adjacent to an activating group) is 1. The summed E-state index contributed by atoms with van der Waals surface area (Å²) >= 11 is 1.18. The second-order valence-electron chi connectivity index (χ2n) is 6.63. The Balaban J connectivity index is 1.38. The maximum atomic E-state index is 12.5. The van der Waals surface area contributed by atoms with Crippen molar-refractivity contribution in [1.82, 2.24) is 4.98 Å². The number of carbonyl (C=O) groups is 3. The van der Waals surface area contributed by atoms with Gasteiger partial charge in [0.1, 0.15) is 11.4 Å². The number of amides is 3. The maximum Gasteiger partial charge on any atom is 0.275 e. The van der Waals surface area contributed by atoms with E-state index < -0.39 is 5.91 Å². The van der Waals surface area contributed by atoms with Crippen LogP contribution in [0.15, 0.2) is 53.9 Å². The molecule has 3 amide bonds. The second-order valence-corrected chi connectivity index (χ2v) is 7.48. The van der Waals surface area contributed by atoms with Gasteiger partial charge in [-0.25, -0.2) is 4.98 Å². The van der Waals surface area contributed by atoms with Crippen molar-refractivity contribution in [3.8, 4) is 5.75 Å². The quantitative estimate of drug-likeness (QED) is 0.658. The number of thiazole rings is 1. The number of fused-ring (bicyclic) bond motifs is 1. The highest BCUT2D eigenvalue weighted by atomic mass is 32.1. The number of hydrogen-bond acceptors (Lipinski definition) is 6. The first-order valence-electron chi connectivity index (χ1n) is 9.13. The van der Waals surface area contributed by atoms with Crippen molar-refractivity contribution in [1.29, 1.82) is 0 Å². The maximum absolute atomic E-state index is 12.5. The van der Waals surface area contributed by atoms with Crippen molar-refractivity contribution in [2.24, 2.45) is 0 Å². The van der Waals surface area contributed by atoms with E-state index in [-0.39, 0.29) is 30.5 Å². The Hall–Kier alpha value is -3.72. The van der Waals surface area contributed by atoms with Gasteiger partial charge in [-0.2, -0.15) is 0 Å². The first kappa shape index (κ1) is 19.6. The van der Waals surface area contributed by atoms with Crippen molar-refractivity contribution in [3.63, 3.8) is 0 Å². The average Bonchev–Trinajstić information content (AvgIpc) is 3.20. The molecular formula is C21H18N4O4S. The highest BCUT2D eigenvalue weighted by Gasteiger charge is 2.22. The zero-order valence-corrected chi connectivity index (χ0v) is 16.9. The number of carbonyl (C=O) groups excluding carboxylic acids is 3. The predicted octanol–water partition coefficient (Wildman–Crippen LogP) is 2.93. The largest absolute Gasteiger partial charge is 0.481 e. The van der Waals surface area contributed by atoms with Gasteiger partial charge in [0, 0.05) is 24.2 Å². The van der Waals surface area contributed by atoms with Crippen LogP contribution >= 0.6 is 11.3 Å². The number of ether oxygens (including phenoxy) is 1. The zero-order valence-electron chi connectivity index (χ0n) is 16.0. The van der Waals surface area contributed by atoms with Gasteiger partial charge in [-0.15, -0.1) is 11.3 Å². The van der Waals surface area contributed by atoms with Crippen LogP contribution in [0.3, 0.4) is 0 Å². The molecule has 30 heavy (non-hydrogen) atoms. The summed E-state index contributed by atoms with van der Waals surface area (Å²) in [7, 11) is 1.67. The fourth-order valence-electron chi connectivity index (χ4n) is 2.93. The average molecular weight is 422 g/mol. The Kier molecular flexibility index (Phi) is 5.44. The molecule has 0 radical (unpaired) electrons. The summed E-state index contributed by atoms with van der Waals surface area (Å²) in [6, 6.07) is 14.4.